The highest BCUT2D eigenvalue weighted by Crippen LogP contribution is 2.21. The Hall–Kier alpha value is -1.81. The van der Waals surface area contributed by atoms with Crippen molar-refractivity contribution in [3.8, 4) is 5.75 Å². The molecule has 1 amide bonds. The van der Waals surface area contributed by atoms with Gasteiger partial charge in [-0.15, -0.1) is 0 Å². The van der Waals surface area contributed by atoms with Crippen LogP contribution in [-0.2, 0) is 21.4 Å². The van der Waals surface area contributed by atoms with Crippen LogP contribution in [0.5, 0.6) is 5.75 Å². The molecule has 10 heteroatoms. The number of amides is 1. The van der Waals surface area contributed by atoms with E-state index in [1.807, 2.05) is 0 Å². The number of carbonyl (C=O) groups excluding carboxylic acids is 1. The molecule has 1 N–H and O–H groups in total. The second kappa shape index (κ2) is 7.61. The lowest BCUT2D eigenvalue weighted by Crippen LogP contribution is -2.45. The molecule has 1 atom stereocenters. The first kappa shape index (κ1) is 19.5. The minimum absolute atomic E-state index is 0.0754. The number of rotatable bonds is 6. The Morgan fingerprint density at radius 1 is 1.32 bits per heavy atom. The van der Waals surface area contributed by atoms with Crippen molar-refractivity contribution in [1.29, 1.82) is 0 Å². The van der Waals surface area contributed by atoms with Gasteiger partial charge in [-0.2, -0.15) is 17.5 Å². The molecule has 25 heavy (non-hydrogen) atoms. The summed E-state index contributed by atoms with van der Waals surface area (Å²) in [4.78, 5) is 12.2. The molecule has 140 valence electrons. The second-order valence-electron chi connectivity index (χ2n) is 5.80. The summed E-state index contributed by atoms with van der Waals surface area (Å²) in [5, 5.41) is 2.65. The number of alkyl halides is 3. The largest absolute Gasteiger partial charge is 0.484 e. The third kappa shape index (κ3) is 5.89. The number of halogens is 3. The first-order chi connectivity index (χ1) is 11.6. The van der Waals surface area contributed by atoms with E-state index in [0.717, 1.165) is 6.26 Å². The predicted molar refractivity (Wildman–Crippen MR) is 84.4 cm³/mol. The molecule has 1 aromatic rings. The zero-order valence-electron chi connectivity index (χ0n) is 13.5. The number of ether oxygens (including phenoxy) is 1. The molecule has 0 aromatic heterocycles. The third-order valence-corrected chi connectivity index (χ3v) is 5.01. The molecular weight excluding hydrogens is 361 g/mol. The van der Waals surface area contributed by atoms with E-state index in [2.05, 4.69) is 10.1 Å². The van der Waals surface area contributed by atoms with Crippen LogP contribution >= 0.6 is 0 Å². The standard InChI is InChI=1S/C15H19F3N2O4S/c1-25(22,23)20-8-2-3-13(20)14(21)19-9-11-4-6-12(7-5-11)24-10-15(16,17)18/h4-7,13H,2-3,8-10H2,1H3,(H,19,21). The number of sulfonamides is 1. The number of benzene rings is 1. The van der Waals surface area contributed by atoms with Gasteiger partial charge in [0.2, 0.25) is 15.9 Å². The van der Waals surface area contributed by atoms with Gasteiger partial charge in [-0.3, -0.25) is 4.79 Å². The van der Waals surface area contributed by atoms with Crippen LogP contribution in [0, 0.1) is 0 Å². The van der Waals surface area contributed by atoms with Crippen LogP contribution in [-0.4, -0.2) is 50.3 Å². The van der Waals surface area contributed by atoms with Crippen molar-refractivity contribution in [2.24, 2.45) is 0 Å². The first-order valence-electron chi connectivity index (χ1n) is 7.59. The maximum atomic E-state index is 12.2. The Morgan fingerprint density at radius 2 is 1.96 bits per heavy atom. The van der Waals surface area contributed by atoms with Crippen molar-refractivity contribution in [3.05, 3.63) is 29.8 Å². The molecule has 2 rings (SSSR count). The molecule has 1 fully saturated rings. The molecule has 0 aliphatic carbocycles. The van der Waals surface area contributed by atoms with Crippen molar-refractivity contribution in [2.45, 2.75) is 31.6 Å². The first-order valence-corrected chi connectivity index (χ1v) is 9.44. The van der Waals surface area contributed by atoms with Gasteiger partial charge in [0.05, 0.1) is 6.26 Å². The summed E-state index contributed by atoms with van der Waals surface area (Å²) in [6.45, 7) is -0.902. The molecule has 0 radical (unpaired) electrons. The molecule has 1 aliphatic heterocycles. The van der Waals surface area contributed by atoms with Crippen LogP contribution in [0.4, 0.5) is 13.2 Å². The summed E-state index contributed by atoms with van der Waals surface area (Å²) < 4.78 is 65.3. The van der Waals surface area contributed by atoms with Gasteiger partial charge in [0.15, 0.2) is 6.61 Å². The molecule has 1 aromatic carbocycles. The molecule has 1 unspecified atom stereocenters. The van der Waals surface area contributed by atoms with Crippen LogP contribution in [0.25, 0.3) is 0 Å². The summed E-state index contributed by atoms with van der Waals surface area (Å²) in [5.41, 5.74) is 0.664. The van der Waals surface area contributed by atoms with Gasteiger partial charge >= 0.3 is 6.18 Å². The number of nitrogens with one attached hydrogen (secondary N) is 1. The van der Waals surface area contributed by atoms with E-state index in [0.29, 0.717) is 24.9 Å². The van der Waals surface area contributed by atoms with Crippen molar-refractivity contribution in [2.75, 3.05) is 19.4 Å². The fraction of sp³-hybridized carbons (Fsp3) is 0.533. The fourth-order valence-electron chi connectivity index (χ4n) is 2.57. The molecular formula is C15H19F3N2O4S. The minimum Gasteiger partial charge on any atom is -0.484 e. The average Bonchev–Trinajstić information content (AvgIpc) is 3.01. The van der Waals surface area contributed by atoms with E-state index < -0.39 is 28.8 Å². The van der Waals surface area contributed by atoms with Crippen LogP contribution in [0.1, 0.15) is 18.4 Å². The Kier molecular flexibility index (Phi) is 5.94. The monoisotopic (exact) mass is 380 g/mol. The van der Waals surface area contributed by atoms with E-state index in [9.17, 15) is 26.4 Å². The topological polar surface area (TPSA) is 75.7 Å². The number of hydrogen-bond donors (Lipinski definition) is 1. The molecule has 0 spiro atoms. The summed E-state index contributed by atoms with van der Waals surface area (Å²) in [6.07, 6.45) is -2.25. The minimum atomic E-state index is -4.40. The van der Waals surface area contributed by atoms with Crippen LogP contribution in [0.3, 0.4) is 0 Å². The smallest absolute Gasteiger partial charge is 0.422 e. The van der Waals surface area contributed by atoms with E-state index in [1.54, 1.807) is 0 Å². The normalized spacial score (nSPS) is 19.0. The molecule has 1 aliphatic rings. The molecule has 1 heterocycles. The molecule has 0 bridgehead atoms. The van der Waals surface area contributed by atoms with E-state index in [1.165, 1.54) is 28.6 Å². The number of hydrogen-bond acceptors (Lipinski definition) is 4. The maximum Gasteiger partial charge on any atom is 0.422 e. The quantitative estimate of drug-likeness (QED) is 0.815. The van der Waals surface area contributed by atoms with Crippen molar-refractivity contribution in [3.63, 3.8) is 0 Å². The molecule has 1 saturated heterocycles. The summed E-state index contributed by atoms with van der Waals surface area (Å²) >= 11 is 0. The second-order valence-corrected chi connectivity index (χ2v) is 7.73. The Labute approximate surface area is 144 Å². The highest BCUT2D eigenvalue weighted by Gasteiger charge is 2.36. The highest BCUT2D eigenvalue weighted by atomic mass is 32.2. The van der Waals surface area contributed by atoms with Crippen molar-refractivity contribution < 1.29 is 31.1 Å². The average molecular weight is 380 g/mol. The zero-order chi connectivity index (χ0) is 18.7. The SMILES string of the molecule is CS(=O)(=O)N1CCCC1C(=O)NCc1ccc(OCC(F)(F)F)cc1. The molecule has 0 saturated carbocycles. The highest BCUT2D eigenvalue weighted by molar-refractivity contribution is 7.88. The lowest BCUT2D eigenvalue weighted by atomic mass is 10.2. The number of carbonyl (C=O) groups is 1. The Bertz CT molecular complexity index is 704. The van der Waals surface area contributed by atoms with Crippen LogP contribution in [0.2, 0.25) is 0 Å². The van der Waals surface area contributed by atoms with Crippen molar-refractivity contribution in [1.82, 2.24) is 9.62 Å². The number of nitrogens with zero attached hydrogens (tertiary/aromatic N) is 1. The van der Waals surface area contributed by atoms with Gasteiger partial charge in [-0.05, 0) is 30.5 Å². The van der Waals surface area contributed by atoms with E-state index in [4.69, 9.17) is 0 Å². The van der Waals surface area contributed by atoms with E-state index >= 15 is 0 Å². The lowest BCUT2D eigenvalue weighted by Gasteiger charge is -2.21. The van der Waals surface area contributed by atoms with Gasteiger partial charge in [0, 0.05) is 13.1 Å². The van der Waals surface area contributed by atoms with Gasteiger partial charge < -0.3 is 10.1 Å². The van der Waals surface area contributed by atoms with Crippen molar-refractivity contribution >= 4 is 15.9 Å². The van der Waals surface area contributed by atoms with Crippen LogP contribution < -0.4 is 10.1 Å². The van der Waals surface area contributed by atoms with Gasteiger partial charge in [-0.25, -0.2) is 8.42 Å². The van der Waals surface area contributed by atoms with Gasteiger partial charge in [0.1, 0.15) is 11.8 Å². The maximum absolute atomic E-state index is 12.2. The Morgan fingerprint density at radius 3 is 2.52 bits per heavy atom. The molecule has 6 nitrogen and oxygen atoms in total. The van der Waals surface area contributed by atoms with Crippen LogP contribution in [0.15, 0.2) is 24.3 Å². The predicted octanol–water partition coefficient (Wildman–Crippen LogP) is 1.67. The lowest BCUT2D eigenvalue weighted by molar-refractivity contribution is -0.153. The van der Waals surface area contributed by atoms with Gasteiger partial charge in [0.25, 0.3) is 0 Å². The van der Waals surface area contributed by atoms with Gasteiger partial charge in [-0.1, -0.05) is 12.1 Å². The summed E-state index contributed by atoms with van der Waals surface area (Å²) in [7, 11) is -3.44. The zero-order valence-corrected chi connectivity index (χ0v) is 14.4. The summed E-state index contributed by atoms with van der Waals surface area (Å²) in [6, 6.07) is 5.12. The Balaban J connectivity index is 1.87. The third-order valence-electron chi connectivity index (χ3n) is 3.72. The van der Waals surface area contributed by atoms with E-state index in [-0.39, 0.29) is 18.2 Å². The summed E-state index contributed by atoms with van der Waals surface area (Å²) in [5.74, 6) is -0.313. The fourth-order valence-corrected chi connectivity index (χ4v) is 3.70.